The van der Waals surface area contributed by atoms with Crippen molar-refractivity contribution in [3.63, 3.8) is 0 Å². The maximum absolute atomic E-state index is 12.2. The minimum atomic E-state index is -0.496. The Hall–Kier alpha value is -1.39. The van der Waals surface area contributed by atoms with Crippen molar-refractivity contribution < 1.29 is 4.79 Å². The quantitative estimate of drug-likeness (QED) is 0.889. The zero-order valence-corrected chi connectivity index (χ0v) is 11.5. The molecule has 3 nitrogen and oxygen atoms in total. The fraction of sp³-hybridized carbons (Fsp3) is 0.357. The molecule has 1 unspecified atom stereocenters. The number of nitrogens with one attached hydrogen (secondary N) is 1. The highest BCUT2D eigenvalue weighted by Crippen LogP contribution is 2.26. The van der Waals surface area contributed by atoms with E-state index in [0.29, 0.717) is 6.54 Å². The number of amides is 1. The summed E-state index contributed by atoms with van der Waals surface area (Å²) in [6, 6.07) is 8.01. The lowest BCUT2D eigenvalue weighted by atomic mass is 9.86. The molecule has 4 heteroatoms. The molecule has 96 valence electrons. The van der Waals surface area contributed by atoms with E-state index in [1.54, 1.807) is 11.3 Å². The third-order valence-corrected chi connectivity index (χ3v) is 4.39. The zero-order valence-electron chi connectivity index (χ0n) is 10.7. The van der Waals surface area contributed by atoms with E-state index in [1.807, 2.05) is 37.4 Å². The van der Waals surface area contributed by atoms with Crippen LogP contribution in [0.15, 0.2) is 29.6 Å². The molecule has 1 aromatic carbocycles. The van der Waals surface area contributed by atoms with Crippen LogP contribution in [0.3, 0.4) is 0 Å². The molecule has 1 aromatic heterocycles. The summed E-state index contributed by atoms with van der Waals surface area (Å²) in [5.74, 6) is -0.0120. The summed E-state index contributed by atoms with van der Waals surface area (Å²) >= 11 is 1.70. The number of hydrogen-bond acceptors (Lipinski definition) is 3. The van der Waals surface area contributed by atoms with E-state index in [4.69, 9.17) is 5.73 Å². The van der Waals surface area contributed by atoms with E-state index in [1.165, 1.54) is 4.70 Å². The maximum atomic E-state index is 12.2. The lowest BCUT2D eigenvalue weighted by Gasteiger charge is -2.24. The van der Waals surface area contributed by atoms with Crippen LogP contribution in [-0.4, -0.2) is 12.5 Å². The number of benzene rings is 1. The first-order valence-corrected chi connectivity index (χ1v) is 6.96. The summed E-state index contributed by atoms with van der Waals surface area (Å²) in [5.41, 5.74) is 6.02. The molecule has 2 rings (SSSR count). The Morgan fingerprint density at radius 3 is 2.89 bits per heavy atom. The van der Waals surface area contributed by atoms with Gasteiger partial charge in [-0.3, -0.25) is 4.79 Å². The molecule has 2 aromatic rings. The average Bonchev–Trinajstić information content (AvgIpc) is 2.85. The highest BCUT2D eigenvalue weighted by molar-refractivity contribution is 7.17. The first-order valence-electron chi connectivity index (χ1n) is 6.08. The molecule has 3 N–H and O–H groups in total. The maximum Gasteiger partial charge on any atom is 0.231 e. The zero-order chi connectivity index (χ0) is 13.2. The highest BCUT2D eigenvalue weighted by Gasteiger charge is 2.29. The smallest absolute Gasteiger partial charge is 0.231 e. The Labute approximate surface area is 111 Å². The topological polar surface area (TPSA) is 55.1 Å². The number of thiophene rings is 1. The number of carbonyl (C=O) groups excluding carboxylic acids is 1. The molecule has 0 spiro atoms. The molecule has 1 amide bonds. The van der Waals surface area contributed by atoms with Gasteiger partial charge in [-0.05, 0) is 48.4 Å². The Bertz CT molecular complexity index is 558. The van der Waals surface area contributed by atoms with Gasteiger partial charge in [-0.2, -0.15) is 0 Å². The van der Waals surface area contributed by atoms with Crippen LogP contribution in [0, 0.1) is 5.41 Å². The number of anilines is 1. The Morgan fingerprint density at radius 2 is 2.22 bits per heavy atom. The minimum absolute atomic E-state index is 0.0120. The first kappa shape index (κ1) is 13.1. The number of fused-ring (bicyclic) bond motifs is 1. The second-order valence-electron chi connectivity index (χ2n) is 4.75. The Balaban J connectivity index is 2.20. The third kappa shape index (κ3) is 2.40. The third-order valence-electron chi connectivity index (χ3n) is 3.49. The van der Waals surface area contributed by atoms with Crippen molar-refractivity contribution in [2.75, 3.05) is 11.9 Å². The molecular weight excluding hydrogens is 244 g/mol. The molecule has 0 fully saturated rings. The van der Waals surface area contributed by atoms with Gasteiger partial charge in [-0.25, -0.2) is 0 Å². The molecule has 0 aliphatic rings. The monoisotopic (exact) mass is 262 g/mol. The van der Waals surface area contributed by atoms with Crippen LogP contribution < -0.4 is 11.1 Å². The van der Waals surface area contributed by atoms with Gasteiger partial charge in [0.25, 0.3) is 0 Å². The molecule has 18 heavy (non-hydrogen) atoms. The van der Waals surface area contributed by atoms with Crippen molar-refractivity contribution in [3.8, 4) is 0 Å². The molecule has 1 heterocycles. The van der Waals surface area contributed by atoms with Crippen molar-refractivity contribution in [1.82, 2.24) is 0 Å². The van der Waals surface area contributed by atoms with E-state index in [0.717, 1.165) is 17.5 Å². The molecule has 1 atom stereocenters. The van der Waals surface area contributed by atoms with Crippen molar-refractivity contribution in [1.29, 1.82) is 0 Å². The van der Waals surface area contributed by atoms with E-state index < -0.39 is 5.41 Å². The van der Waals surface area contributed by atoms with Gasteiger partial charge in [0.2, 0.25) is 5.91 Å². The van der Waals surface area contributed by atoms with Crippen LogP contribution in [0.5, 0.6) is 0 Å². The van der Waals surface area contributed by atoms with E-state index >= 15 is 0 Å². The SMILES string of the molecule is CCC(C)(CN)C(=O)Nc1ccc2sccc2c1. The molecule has 0 saturated heterocycles. The van der Waals surface area contributed by atoms with Gasteiger partial charge >= 0.3 is 0 Å². The second kappa shape index (κ2) is 5.08. The molecule has 0 saturated carbocycles. The lowest BCUT2D eigenvalue weighted by molar-refractivity contribution is -0.124. The minimum Gasteiger partial charge on any atom is -0.329 e. The van der Waals surface area contributed by atoms with E-state index in [-0.39, 0.29) is 5.91 Å². The Morgan fingerprint density at radius 1 is 1.44 bits per heavy atom. The predicted octanol–water partition coefficient (Wildman–Crippen LogP) is 3.21. The Kier molecular flexibility index (Phi) is 3.68. The lowest BCUT2D eigenvalue weighted by Crippen LogP contribution is -2.39. The van der Waals surface area contributed by atoms with Gasteiger partial charge in [0, 0.05) is 16.9 Å². The van der Waals surface area contributed by atoms with Crippen LogP contribution in [0.4, 0.5) is 5.69 Å². The molecular formula is C14H18N2OS. The summed E-state index contributed by atoms with van der Waals surface area (Å²) in [6.07, 6.45) is 0.732. The van der Waals surface area contributed by atoms with Crippen molar-refractivity contribution >= 4 is 33.0 Å². The van der Waals surface area contributed by atoms with Crippen molar-refractivity contribution in [3.05, 3.63) is 29.6 Å². The van der Waals surface area contributed by atoms with Gasteiger partial charge < -0.3 is 11.1 Å². The molecule has 0 aliphatic carbocycles. The van der Waals surface area contributed by atoms with Crippen LogP contribution in [0.25, 0.3) is 10.1 Å². The number of nitrogens with two attached hydrogens (primary N) is 1. The summed E-state index contributed by atoms with van der Waals surface area (Å²) in [5, 5.41) is 6.16. The predicted molar refractivity (Wildman–Crippen MR) is 77.9 cm³/mol. The van der Waals surface area contributed by atoms with Crippen LogP contribution >= 0.6 is 11.3 Å². The van der Waals surface area contributed by atoms with Gasteiger partial charge in [0.1, 0.15) is 0 Å². The van der Waals surface area contributed by atoms with Gasteiger partial charge in [-0.1, -0.05) is 6.92 Å². The van der Waals surface area contributed by atoms with E-state index in [2.05, 4.69) is 11.4 Å². The summed E-state index contributed by atoms with van der Waals surface area (Å²) in [7, 11) is 0. The van der Waals surface area contributed by atoms with Gasteiger partial charge in [-0.15, -0.1) is 11.3 Å². The van der Waals surface area contributed by atoms with Gasteiger partial charge in [0.05, 0.1) is 5.41 Å². The summed E-state index contributed by atoms with van der Waals surface area (Å²) < 4.78 is 1.23. The number of hydrogen-bond donors (Lipinski definition) is 2. The van der Waals surface area contributed by atoms with Crippen LogP contribution in [0.2, 0.25) is 0 Å². The summed E-state index contributed by atoms with van der Waals surface area (Å²) in [6.45, 7) is 4.23. The fourth-order valence-corrected chi connectivity index (χ4v) is 2.49. The van der Waals surface area contributed by atoms with Crippen LogP contribution in [-0.2, 0) is 4.79 Å². The molecule has 0 radical (unpaired) electrons. The van der Waals surface area contributed by atoms with Gasteiger partial charge in [0.15, 0.2) is 0 Å². The normalized spacial score (nSPS) is 14.4. The fourth-order valence-electron chi connectivity index (χ4n) is 1.72. The average molecular weight is 262 g/mol. The van der Waals surface area contributed by atoms with Crippen molar-refractivity contribution in [2.45, 2.75) is 20.3 Å². The van der Waals surface area contributed by atoms with Crippen LogP contribution in [0.1, 0.15) is 20.3 Å². The largest absolute Gasteiger partial charge is 0.329 e. The standard InChI is InChI=1S/C14H18N2OS/c1-3-14(2,9-15)13(17)16-11-4-5-12-10(8-11)6-7-18-12/h4-8H,3,9,15H2,1-2H3,(H,16,17). The highest BCUT2D eigenvalue weighted by atomic mass is 32.1. The van der Waals surface area contributed by atoms with Crippen molar-refractivity contribution in [2.24, 2.45) is 11.1 Å². The first-order chi connectivity index (χ1) is 8.59. The number of carbonyl (C=O) groups is 1. The van der Waals surface area contributed by atoms with E-state index in [9.17, 15) is 4.79 Å². The second-order valence-corrected chi connectivity index (χ2v) is 5.69. The summed E-state index contributed by atoms with van der Waals surface area (Å²) in [4.78, 5) is 12.2. The number of rotatable bonds is 4. The molecule has 0 aliphatic heterocycles. The molecule has 0 bridgehead atoms.